The van der Waals surface area contributed by atoms with Crippen molar-refractivity contribution in [3.05, 3.63) is 47.7 Å². The monoisotopic (exact) mass is 266 g/mol. The van der Waals surface area contributed by atoms with Gasteiger partial charge in [-0.15, -0.1) is 0 Å². The van der Waals surface area contributed by atoms with Crippen LogP contribution in [0.3, 0.4) is 0 Å². The average Bonchev–Trinajstić information content (AvgIpc) is 2.82. The van der Waals surface area contributed by atoms with E-state index in [1.54, 1.807) is 19.1 Å². The average molecular weight is 266 g/mol. The highest BCUT2D eigenvalue weighted by molar-refractivity contribution is 5.91. The van der Waals surface area contributed by atoms with Crippen LogP contribution in [0, 0.1) is 24.1 Å². The summed E-state index contributed by atoms with van der Waals surface area (Å²) < 4.78 is 15.2. The van der Waals surface area contributed by atoms with Gasteiger partial charge in [-0.05, 0) is 36.8 Å². The van der Waals surface area contributed by atoms with E-state index in [-0.39, 0.29) is 11.6 Å². The second-order valence-electron chi connectivity index (χ2n) is 4.64. The van der Waals surface area contributed by atoms with Gasteiger partial charge in [-0.1, -0.05) is 0 Å². The van der Waals surface area contributed by atoms with Gasteiger partial charge in [-0.2, -0.15) is 5.26 Å². The minimum absolute atomic E-state index is 0.108. The van der Waals surface area contributed by atoms with E-state index in [0.717, 1.165) is 10.9 Å². The highest BCUT2D eigenvalue weighted by Crippen LogP contribution is 2.27. The van der Waals surface area contributed by atoms with Gasteiger partial charge in [0, 0.05) is 24.2 Å². The second-order valence-corrected chi connectivity index (χ2v) is 4.64. The van der Waals surface area contributed by atoms with E-state index in [1.807, 2.05) is 29.9 Å². The van der Waals surface area contributed by atoms with Crippen molar-refractivity contribution >= 4 is 11.0 Å². The van der Waals surface area contributed by atoms with Crippen molar-refractivity contribution in [1.82, 2.24) is 14.5 Å². The third-order valence-corrected chi connectivity index (χ3v) is 3.26. The molecule has 2 aromatic heterocycles. The number of aromatic nitrogens is 3. The van der Waals surface area contributed by atoms with Crippen molar-refractivity contribution in [3.8, 4) is 17.3 Å². The van der Waals surface area contributed by atoms with Crippen LogP contribution in [0.1, 0.15) is 11.4 Å². The SMILES string of the molecule is Cc1cc(-c2nc(C#N)nc3c2ccn3C)ccc1F. The molecule has 4 nitrogen and oxygen atoms in total. The number of aryl methyl sites for hydroxylation is 2. The summed E-state index contributed by atoms with van der Waals surface area (Å²) in [6, 6.07) is 8.66. The van der Waals surface area contributed by atoms with Crippen LogP contribution in [0.5, 0.6) is 0 Å². The Balaban J connectivity index is 2.34. The molecule has 0 aliphatic heterocycles. The number of rotatable bonds is 1. The molecule has 0 atom stereocenters. The van der Waals surface area contributed by atoms with E-state index in [2.05, 4.69) is 9.97 Å². The number of nitrogens with zero attached hydrogens (tertiary/aromatic N) is 4. The molecule has 0 aliphatic carbocycles. The van der Waals surface area contributed by atoms with Gasteiger partial charge in [0.2, 0.25) is 5.82 Å². The van der Waals surface area contributed by atoms with Crippen LogP contribution in [0.4, 0.5) is 4.39 Å². The fourth-order valence-corrected chi connectivity index (χ4v) is 2.20. The van der Waals surface area contributed by atoms with Crippen LogP contribution < -0.4 is 0 Å². The van der Waals surface area contributed by atoms with Crippen LogP contribution in [0.2, 0.25) is 0 Å². The third-order valence-electron chi connectivity index (χ3n) is 3.26. The normalized spacial score (nSPS) is 10.7. The van der Waals surface area contributed by atoms with E-state index < -0.39 is 0 Å². The lowest BCUT2D eigenvalue weighted by molar-refractivity contribution is 0.619. The molecule has 0 saturated heterocycles. The van der Waals surface area contributed by atoms with Gasteiger partial charge in [-0.25, -0.2) is 14.4 Å². The first-order valence-electron chi connectivity index (χ1n) is 6.10. The molecule has 0 fully saturated rings. The first-order chi connectivity index (χ1) is 9.60. The van der Waals surface area contributed by atoms with E-state index in [4.69, 9.17) is 5.26 Å². The molecule has 1 aromatic carbocycles. The number of benzene rings is 1. The first-order valence-corrected chi connectivity index (χ1v) is 6.10. The standard InChI is InChI=1S/C15H11FN4/c1-9-7-10(3-4-12(9)16)14-11-5-6-20(2)15(11)19-13(8-17)18-14/h3-7H,1-2H3. The van der Waals surface area contributed by atoms with Crippen molar-refractivity contribution in [2.45, 2.75) is 6.92 Å². The number of halogens is 1. The molecule has 0 radical (unpaired) electrons. The van der Waals surface area contributed by atoms with E-state index in [1.165, 1.54) is 6.07 Å². The fourth-order valence-electron chi connectivity index (χ4n) is 2.20. The van der Waals surface area contributed by atoms with Gasteiger partial charge in [0.1, 0.15) is 17.5 Å². The fraction of sp³-hybridized carbons (Fsp3) is 0.133. The molecule has 20 heavy (non-hydrogen) atoms. The molecular weight excluding hydrogens is 255 g/mol. The largest absolute Gasteiger partial charge is 0.335 e. The van der Waals surface area contributed by atoms with Crippen molar-refractivity contribution in [3.63, 3.8) is 0 Å². The number of hydrogen-bond acceptors (Lipinski definition) is 3. The van der Waals surface area contributed by atoms with E-state index >= 15 is 0 Å². The molecule has 0 bridgehead atoms. The zero-order valence-corrected chi connectivity index (χ0v) is 11.1. The lowest BCUT2D eigenvalue weighted by atomic mass is 10.1. The third kappa shape index (κ3) is 1.82. The predicted octanol–water partition coefficient (Wildman–Crippen LogP) is 2.95. The van der Waals surface area contributed by atoms with Crippen molar-refractivity contribution < 1.29 is 4.39 Å². The Labute approximate surface area is 115 Å². The van der Waals surface area contributed by atoms with Gasteiger partial charge in [0.25, 0.3) is 0 Å². The topological polar surface area (TPSA) is 54.5 Å². The van der Waals surface area contributed by atoms with Gasteiger partial charge in [0.15, 0.2) is 0 Å². The number of fused-ring (bicyclic) bond motifs is 1. The summed E-state index contributed by atoms with van der Waals surface area (Å²) in [6.45, 7) is 1.70. The molecule has 3 rings (SSSR count). The lowest BCUT2D eigenvalue weighted by Crippen LogP contribution is -1.97. The van der Waals surface area contributed by atoms with E-state index in [9.17, 15) is 4.39 Å². The zero-order chi connectivity index (χ0) is 14.3. The zero-order valence-electron chi connectivity index (χ0n) is 11.1. The maximum atomic E-state index is 13.4. The van der Waals surface area contributed by atoms with Crippen LogP contribution in [-0.4, -0.2) is 14.5 Å². The number of nitriles is 1. The lowest BCUT2D eigenvalue weighted by Gasteiger charge is -2.06. The number of hydrogen-bond donors (Lipinski definition) is 0. The maximum absolute atomic E-state index is 13.4. The predicted molar refractivity (Wildman–Crippen MR) is 73.4 cm³/mol. The Morgan fingerprint density at radius 2 is 2.05 bits per heavy atom. The molecular formula is C15H11FN4. The van der Waals surface area contributed by atoms with Crippen LogP contribution >= 0.6 is 0 Å². The Morgan fingerprint density at radius 1 is 1.25 bits per heavy atom. The van der Waals surface area contributed by atoms with Crippen LogP contribution in [0.25, 0.3) is 22.3 Å². The summed E-state index contributed by atoms with van der Waals surface area (Å²) in [5.74, 6) is -0.149. The Kier molecular flexibility index (Phi) is 2.72. The molecule has 5 heteroatoms. The van der Waals surface area contributed by atoms with Gasteiger partial charge in [-0.3, -0.25) is 0 Å². The van der Waals surface area contributed by atoms with Crippen LogP contribution in [-0.2, 0) is 7.05 Å². The van der Waals surface area contributed by atoms with Crippen molar-refractivity contribution in [2.24, 2.45) is 7.05 Å². The summed E-state index contributed by atoms with van der Waals surface area (Å²) in [5, 5.41) is 9.90. The molecule has 0 amide bonds. The van der Waals surface area contributed by atoms with Gasteiger partial charge >= 0.3 is 0 Å². The maximum Gasteiger partial charge on any atom is 0.234 e. The molecule has 3 aromatic rings. The molecule has 0 aliphatic rings. The smallest absolute Gasteiger partial charge is 0.234 e. The quantitative estimate of drug-likeness (QED) is 0.680. The Morgan fingerprint density at radius 3 is 2.75 bits per heavy atom. The molecule has 0 saturated carbocycles. The Hall–Kier alpha value is -2.74. The second kappa shape index (κ2) is 4.42. The van der Waals surface area contributed by atoms with Crippen LogP contribution in [0.15, 0.2) is 30.5 Å². The summed E-state index contributed by atoms with van der Waals surface area (Å²) in [6.07, 6.45) is 1.86. The van der Waals surface area contributed by atoms with Gasteiger partial charge < -0.3 is 4.57 Å². The van der Waals surface area contributed by atoms with E-state index in [0.29, 0.717) is 16.9 Å². The molecule has 0 N–H and O–H groups in total. The minimum atomic E-state index is -0.257. The Bertz CT molecular complexity index is 858. The summed E-state index contributed by atoms with van der Waals surface area (Å²) >= 11 is 0. The molecule has 0 spiro atoms. The van der Waals surface area contributed by atoms with Crippen molar-refractivity contribution in [2.75, 3.05) is 0 Å². The highest BCUT2D eigenvalue weighted by atomic mass is 19.1. The van der Waals surface area contributed by atoms with Gasteiger partial charge in [0.05, 0.1) is 5.69 Å². The first kappa shape index (κ1) is 12.3. The summed E-state index contributed by atoms with van der Waals surface area (Å²) in [7, 11) is 1.86. The molecule has 2 heterocycles. The highest BCUT2D eigenvalue weighted by Gasteiger charge is 2.13. The minimum Gasteiger partial charge on any atom is -0.335 e. The van der Waals surface area contributed by atoms with Crippen molar-refractivity contribution in [1.29, 1.82) is 5.26 Å². The molecule has 0 unspecified atom stereocenters. The molecule has 98 valence electrons. The summed E-state index contributed by atoms with van der Waals surface area (Å²) in [5.41, 5.74) is 2.66. The summed E-state index contributed by atoms with van der Waals surface area (Å²) in [4.78, 5) is 8.46.